The zero-order valence-corrected chi connectivity index (χ0v) is 11.8. The van der Waals surface area contributed by atoms with Crippen LogP contribution in [-0.4, -0.2) is 20.2 Å². The predicted molar refractivity (Wildman–Crippen MR) is 76.8 cm³/mol. The van der Waals surface area contributed by atoms with E-state index in [1.54, 1.807) is 16.8 Å². The molecule has 106 valence electrons. The molecule has 1 aromatic carbocycles. The first-order chi connectivity index (χ1) is 9.35. The Morgan fingerprint density at radius 1 is 1.25 bits per heavy atom. The lowest BCUT2D eigenvalue weighted by Crippen LogP contribution is -2.35. The van der Waals surface area contributed by atoms with Gasteiger partial charge >= 0.3 is 0 Å². The number of aromatic nitrogens is 2. The number of rotatable bonds is 4. The zero-order chi connectivity index (χ0) is 14.8. The first-order valence-corrected chi connectivity index (χ1v) is 6.39. The second-order valence-corrected chi connectivity index (χ2v) is 5.63. The highest BCUT2D eigenvalue weighted by Crippen LogP contribution is 2.15. The minimum atomic E-state index is -0.411. The monoisotopic (exact) mass is 274 g/mol. The van der Waals surface area contributed by atoms with E-state index in [4.69, 9.17) is 0 Å². The van der Waals surface area contributed by atoms with Crippen LogP contribution in [0.5, 0.6) is 0 Å². The van der Waals surface area contributed by atoms with Gasteiger partial charge in [0, 0.05) is 30.4 Å². The fraction of sp³-hybridized carbons (Fsp3) is 0.357. The van der Waals surface area contributed by atoms with Crippen LogP contribution in [0.2, 0.25) is 0 Å². The maximum atomic E-state index is 10.6. The van der Waals surface area contributed by atoms with Crippen LogP contribution in [-0.2, 0) is 6.54 Å². The van der Waals surface area contributed by atoms with Gasteiger partial charge in [-0.3, -0.25) is 10.1 Å². The lowest BCUT2D eigenvalue weighted by atomic mass is 10.1. The van der Waals surface area contributed by atoms with E-state index in [1.807, 2.05) is 12.3 Å². The third kappa shape index (κ3) is 3.64. The first kappa shape index (κ1) is 14.2. The third-order valence-corrected chi connectivity index (χ3v) is 2.77. The summed E-state index contributed by atoms with van der Waals surface area (Å²) < 4.78 is 1.71. The van der Waals surface area contributed by atoms with Gasteiger partial charge in [0.2, 0.25) is 0 Å². The molecule has 2 rings (SSSR count). The third-order valence-electron chi connectivity index (χ3n) is 2.77. The second kappa shape index (κ2) is 5.42. The van der Waals surface area contributed by atoms with Gasteiger partial charge in [0.1, 0.15) is 0 Å². The van der Waals surface area contributed by atoms with E-state index in [-0.39, 0.29) is 11.2 Å². The summed E-state index contributed by atoms with van der Waals surface area (Å²) in [6.07, 6.45) is 1.85. The Morgan fingerprint density at radius 2 is 1.90 bits per heavy atom. The standard InChI is InChI=1S/C14H18N4O2/c1-14(2,3)15-10-11-8-9-17(16-11)12-4-6-13(7-5-12)18(19)20/h4-9,15H,10H2,1-3H3. The maximum absolute atomic E-state index is 10.6. The minimum absolute atomic E-state index is 0.0388. The Kier molecular flexibility index (Phi) is 3.85. The van der Waals surface area contributed by atoms with Crippen LogP contribution < -0.4 is 5.32 Å². The van der Waals surface area contributed by atoms with Crippen molar-refractivity contribution in [1.82, 2.24) is 15.1 Å². The van der Waals surface area contributed by atoms with Crippen molar-refractivity contribution in [3.8, 4) is 5.69 Å². The van der Waals surface area contributed by atoms with Crippen LogP contribution >= 0.6 is 0 Å². The molecule has 0 saturated heterocycles. The SMILES string of the molecule is CC(C)(C)NCc1ccn(-c2ccc([N+](=O)[O-])cc2)n1. The topological polar surface area (TPSA) is 73.0 Å². The van der Waals surface area contributed by atoms with Crippen molar-refractivity contribution < 1.29 is 4.92 Å². The lowest BCUT2D eigenvalue weighted by molar-refractivity contribution is -0.384. The van der Waals surface area contributed by atoms with Crippen molar-refractivity contribution in [1.29, 1.82) is 0 Å². The van der Waals surface area contributed by atoms with E-state index in [0.29, 0.717) is 6.54 Å². The molecule has 6 nitrogen and oxygen atoms in total. The van der Waals surface area contributed by atoms with Gasteiger partial charge in [0.15, 0.2) is 0 Å². The molecule has 0 aliphatic carbocycles. The van der Waals surface area contributed by atoms with Crippen LogP contribution in [0, 0.1) is 10.1 Å². The van der Waals surface area contributed by atoms with Crippen LogP contribution in [0.4, 0.5) is 5.69 Å². The molecule has 6 heteroatoms. The van der Waals surface area contributed by atoms with Crippen LogP contribution in [0.1, 0.15) is 26.5 Å². The summed E-state index contributed by atoms with van der Waals surface area (Å²) in [5, 5.41) is 18.4. The molecule has 0 amide bonds. The Balaban J connectivity index is 2.10. The minimum Gasteiger partial charge on any atom is -0.306 e. The molecule has 2 aromatic rings. The van der Waals surface area contributed by atoms with Gasteiger partial charge in [-0.2, -0.15) is 5.10 Å². The summed E-state index contributed by atoms with van der Waals surface area (Å²) >= 11 is 0. The number of nitro benzene ring substituents is 1. The summed E-state index contributed by atoms with van der Waals surface area (Å²) in [5.41, 5.74) is 1.85. The molecule has 20 heavy (non-hydrogen) atoms. The summed E-state index contributed by atoms with van der Waals surface area (Å²) in [7, 11) is 0. The fourth-order valence-electron chi connectivity index (χ4n) is 1.68. The van der Waals surface area contributed by atoms with E-state index < -0.39 is 4.92 Å². The van der Waals surface area contributed by atoms with E-state index in [2.05, 4.69) is 31.2 Å². The van der Waals surface area contributed by atoms with Gasteiger partial charge in [0.05, 0.1) is 16.3 Å². The molecule has 0 unspecified atom stereocenters. The molecule has 0 saturated carbocycles. The molecule has 0 fully saturated rings. The molecule has 1 aromatic heterocycles. The number of hydrogen-bond donors (Lipinski definition) is 1. The molecule has 0 bridgehead atoms. The van der Waals surface area contributed by atoms with Gasteiger partial charge in [-0.15, -0.1) is 0 Å². The summed E-state index contributed by atoms with van der Waals surface area (Å²) in [6, 6.07) is 8.26. The fourth-order valence-corrected chi connectivity index (χ4v) is 1.68. The number of benzene rings is 1. The Labute approximate surface area is 117 Å². The summed E-state index contributed by atoms with van der Waals surface area (Å²) in [6.45, 7) is 6.98. The smallest absolute Gasteiger partial charge is 0.269 e. The first-order valence-electron chi connectivity index (χ1n) is 6.39. The highest BCUT2D eigenvalue weighted by Gasteiger charge is 2.10. The van der Waals surface area contributed by atoms with Crippen molar-refractivity contribution in [2.75, 3.05) is 0 Å². The molecule has 1 N–H and O–H groups in total. The molecular formula is C14H18N4O2. The average molecular weight is 274 g/mol. The molecular weight excluding hydrogens is 256 g/mol. The van der Waals surface area contributed by atoms with Crippen LogP contribution in [0.25, 0.3) is 5.69 Å². The number of nitrogens with zero attached hydrogens (tertiary/aromatic N) is 3. The van der Waals surface area contributed by atoms with Crippen molar-refractivity contribution in [3.63, 3.8) is 0 Å². The number of nitrogens with one attached hydrogen (secondary N) is 1. The highest BCUT2D eigenvalue weighted by atomic mass is 16.6. The van der Waals surface area contributed by atoms with E-state index in [1.165, 1.54) is 12.1 Å². The molecule has 0 atom stereocenters. The van der Waals surface area contributed by atoms with Crippen LogP contribution in [0.15, 0.2) is 36.5 Å². The largest absolute Gasteiger partial charge is 0.306 e. The zero-order valence-electron chi connectivity index (χ0n) is 11.8. The number of hydrogen-bond acceptors (Lipinski definition) is 4. The highest BCUT2D eigenvalue weighted by molar-refractivity contribution is 5.40. The van der Waals surface area contributed by atoms with Gasteiger partial charge in [0.25, 0.3) is 5.69 Å². The quantitative estimate of drug-likeness (QED) is 0.687. The lowest BCUT2D eigenvalue weighted by Gasteiger charge is -2.19. The Hall–Kier alpha value is -2.21. The van der Waals surface area contributed by atoms with E-state index in [9.17, 15) is 10.1 Å². The second-order valence-electron chi connectivity index (χ2n) is 5.63. The van der Waals surface area contributed by atoms with Crippen molar-refractivity contribution >= 4 is 5.69 Å². The predicted octanol–water partition coefficient (Wildman–Crippen LogP) is 2.67. The van der Waals surface area contributed by atoms with Crippen molar-refractivity contribution in [3.05, 3.63) is 52.3 Å². The maximum Gasteiger partial charge on any atom is 0.269 e. The van der Waals surface area contributed by atoms with E-state index >= 15 is 0 Å². The van der Waals surface area contributed by atoms with Crippen molar-refractivity contribution in [2.45, 2.75) is 32.9 Å². The number of non-ortho nitro benzene ring substituents is 1. The number of nitro groups is 1. The summed E-state index contributed by atoms with van der Waals surface area (Å²) in [4.78, 5) is 10.2. The van der Waals surface area contributed by atoms with Gasteiger partial charge in [-0.25, -0.2) is 4.68 Å². The normalized spacial score (nSPS) is 11.6. The molecule has 0 aliphatic heterocycles. The van der Waals surface area contributed by atoms with Gasteiger partial charge < -0.3 is 5.32 Å². The Bertz CT molecular complexity index is 596. The molecule has 0 radical (unpaired) electrons. The van der Waals surface area contributed by atoms with Gasteiger partial charge in [-0.1, -0.05) is 0 Å². The summed E-state index contributed by atoms with van der Waals surface area (Å²) in [5.74, 6) is 0. The van der Waals surface area contributed by atoms with Crippen LogP contribution in [0.3, 0.4) is 0 Å². The molecule has 0 aliphatic rings. The van der Waals surface area contributed by atoms with Gasteiger partial charge in [-0.05, 0) is 39.0 Å². The average Bonchev–Trinajstić information content (AvgIpc) is 2.84. The van der Waals surface area contributed by atoms with Crippen molar-refractivity contribution in [2.24, 2.45) is 0 Å². The molecule has 0 spiro atoms. The molecule has 1 heterocycles. The Morgan fingerprint density at radius 3 is 2.45 bits per heavy atom. The van der Waals surface area contributed by atoms with E-state index in [0.717, 1.165) is 11.4 Å².